The monoisotopic (exact) mass is 343 g/mol. The molecule has 7 nitrogen and oxygen atoms in total. The van der Waals surface area contributed by atoms with Crippen LogP contribution in [0, 0.1) is 0 Å². The molecule has 0 saturated carbocycles. The molecule has 0 saturated heterocycles. The van der Waals surface area contributed by atoms with Crippen LogP contribution in [0.3, 0.4) is 0 Å². The van der Waals surface area contributed by atoms with E-state index in [-0.39, 0.29) is 18.2 Å². The molecule has 0 aliphatic rings. The van der Waals surface area contributed by atoms with Gasteiger partial charge in [0.05, 0.1) is 12.1 Å². The molecule has 134 valence electrons. The van der Waals surface area contributed by atoms with Gasteiger partial charge in [0.25, 0.3) is 0 Å². The SMILES string of the molecule is CC(C)Oc1cccc(C(C)NC(=O)NCCNc2ncccn2)c1. The van der Waals surface area contributed by atoms with Crippen LogP contribution in [-0.2, 0) is 0 Å². The maximum atomic E-state index is 12.0. The van der Waals surface area contributed by atoms with E-state index in [2.05, 4.69) is 25.9 Å². The maximum Gasteiger partial charge on any atom is 0.315 e. The van der Waals surface area contributed by atoms with Crippen LogP contribution in [0.1, 0.15) is 32.4 Å². The third-order valence-corrected chi connectivity index (χ3v) is 3.34. The Balaban J connectivity index is 1.74. The summed E-state index contributed by atoms with van der Waals surface area (Å²) in [7, 11) is 0. The first-order valence-electron chi connectivity index (χ1n) is 8.36. The summed E-state index contributed by atoms with van der Waals surface area (Å²) >= 11 is 0. The number of nitrogens with one attached hydrogen (secondary N) is 3. The second-order valence-electron chi connectivity index (χ2n) is 5.86. The Kier molecular flexibility index (Phi) is 7.00. The van der Waals surface area contributed by atoms with Crippen molar-refractivity contribution in [2.75, 3.05) is 18.4 Å². The maximum absolute atomic E-state index is 12.0. The summed E-state index contributed by atoms with van der Waals surface area (Å²) in [5, 5.41) is 8.74. The fourth-order valence-corrected chi connectivity index (χ4v) is 2.20. The molecule has 1 atom stereocenters. The summed E-state index contributed by atoms with van der Waals surface area (Å²) in [4.78, 5) is 20.1. The minimum Gasteiger partial charge on any atom is -0.491 e. The van der Waals surface area contributed by atoms with Crippen LogP contribution in [0.5, 0.6) is 5.75 Å². The number of hydrogen-bond donors (Lipinski definition) is 3. The molecule has 0 fully saturated rings. The third kappa shape index (κ3) is 6.66. The van der Waals surface area contributed by atoms with Crippen molar-refractivity contribution < 1.29 is 9.53 Å². The highest BCUT2D eigenvalue weighted by atomic mass is 16.5. The number of nitrogens with zero attached hydrogens (tertiary/aromatic N) is 2. The number of carbonyl (C=O) groups is 1. The van der Waals surface area contributed by atoms with Crippen molar-refractivity contribution in [3.05, 3.63) is 48.3 Å². The van der Waals surface area contributed by atoms with Gasteiger partial charge >= 0.3 is 6.03 Å². The summed E-state index contributed by atoms with van der Waals surface area (Å²) in [6.07, 6.45) is 3.44. The summed E-state index contributed by atoms with van der Waals surface area (Å²) < 4.78 is 5.68. The second kappa shape index (κ2) is 9.46. The van der Waals surface area contributed by atoms with Gasteiger partial charge in [0.1, 0.15) is 5.75 Å². The lowest BCUT2D eigenvalue weighted by Gasteiger charge is -2.17. The van der Waals surface area contributed by atoms with Gasteiger partial charge in [-0.3, -0.25) is 0 Å². The molecule has 1 unspecified atom stereocenters. The largest absolute Gasteiger partial charge is 0.491 e. The standard InChI is InChI=1S/C18H25N5O2/c1-13(2)25-16-7-4-6-15(12-16)14(3)23-18(24)22-11-10-21-17-19-8-5-9-20-17/h4-9,12-14H,10-11H2,1-3H3,(H,19,20,21)(H2,22,23,24). The van der Waals surface area contributed by atoms with Gasteiger partial charge in [0.2, 0.25) is 5.95 Å². The molecule has 0 aliphatic carbocycles. The zero-order valence-electron chi connectivity index (χ0n) is 14.8. The van der Waals surface area contributed by atoms with Crippen LogP contribution < -0.4 is 20.7 Å². The molecule has 1 aromatic carbocycles. The Hall–Kier alpha value is -2.83. The Bertz CT molecular complexity index is 664. The Morgan fingerprint density at radius 2 is 1.88 bits per heavy atom. The molecule has 1 aromatic heterocycles. The predicted molar refractivity (Wildman–Crippen MR) is 97.7 cm³/mol. The van der Waals surface area contributed by atoms with Gasteiger partial charge in [0.15, 0.2) is 0 Å². The highest BCUT2D eigenvalue weighted by Crippen LogP contribution is 2.19. The molecule has 0 aliphatic heterocycles. The molecule has 3 N–H and O–H groups in total. The van der Waals surface area contributed by atoms with Crippen molar-refractivity contribution in [2.24, 2.45) is 0 Å². The van der Waals surface area contributed by atoms with Gasteiger partial charge in [0, 0.05) is 25.5 Å². The average molecular weight is 343 g/mol. The van der Waals surface area contributed by atoms with E-state index in [0.717, 1.165) is 11.3 Å². The molecule has 25 heavy (non-hydrogen) atoms. The van der Waals surface area contributed by atoms with Gasteiger partial charge < -0.3 is 20.7 Å². The van der Waals surface area contributed by atoms with Crippen molar-refractivity contribution in [1.82, 2.24) is 20.6 Å². The van der Waals surface area contributed by atoms with Crippen molar-refractivity contribution >= 4 is 12.0 Å². The zero-order chi connectivity index (χ0) is 18.1. The molecule has 0 radical (unpaired) electrons. The average Bonchev–Trinajstić information content (AvgIpc) is 2.59. The first-order chi connectivity index (χ1) is 12.0. The number of anilines is 1. The quantitative estimate of drug-likeness (QED) is 0.642. The number of rotatable bonds is 8. The second-order valence-corrected chi connectivity index (χ2v) is 5.86. The van der Waals surface area contributed by atoms with Gasteiger partial charge in [-0.2, -0.15) is 0 Å². The number of hydrogen-bond acceptors (Lipinski definition) is 5. The van der Waals surface area contributed by atoms with Crippen LogP contribution in [-0.4, -0.2) is 35.2 Å². The van der Waals surface area contributed by atoms with Crippen LogP contribution in [0.4, 0.5) is 10.7 Å². The molecule has 1 heterocycles. The molecule has 7 heteroatoms. The smallest absolute Gasteiger partial charge is 0.315 e. The summed E-state index contributed by atoms with van der Waals surface area (Å²) in [6.45, 7) is 6.91. The van der Waals surface area contributed by atoms with Crippen LogP contribution in [0.2, 0.25) is 0 Å². The fraction of sp³-hybridized carbons (Fsp3) is 0.389. The van der Waals surface area contributed by atoms with Gasteiger partial charge in [-0.1, -0.05) is 12.1 Å². The minimum absolute atomic E-state index is 0.114. The van der Waals surface area contributed by atoms with Gasteiger partial charge in [-0.25, -0.2) is 14.8 Å². The van der Waals surface area contributed by atoms with Crippen LogP contribution >= 0.6 is 0 Å². The predicted octanol–water partition coefficient (Wildman–Crippen LogP) is 2.74. The number of aromatic nitrogens is 2. The zero-order valence-corrected chi connectivity index (χ0v) is 14.8. The summed E-state index contributed by atoms with van der Waals surface area (Å²) in [6, 6.07) is 9.14. The van der Waals surface area contributed by atoms with Crippen molar-refractivity contribution in [1.29, 1.82) is 0 Å². The highest BCUT2D eigenvalue weighted by molar-refractivity contribution is 5.74. The lowest BCUT2D eigenvalue weighted by Crippen LogP contribution is -2.39. The van der Waals surface area contributed by atoms with Crippen LogP contribution in [0.15, 0.2) is 42.7 Å². The first kappa shape index (κ1) is 18.5. The van der Waals surface area contributed by atoms with Crippen molar-refractivity contribution in [3.63, 3.8) is 0 Å². The van der Waals surface area contributed by atoms with E-state index < -0.39 is 0 Å². The lowest BCUT2D eigenvalue weighted by atomic mass is 10.1. The van der Waals surface area contributed by atoms with Gasteiger partial charge in [-0.15, -0.1) is 0 Å². The summed E-state index contributed by atoms with van der Waals surface area (Å²) in [5.41, 5.74) is 0.990. The van der Waals surface area contributed by atoms with Crippen molar-refractivity contribution in [2.45, 2.75) is 32.9 Å². The van der Waals surface area contributed by atoms with E-state index in [1.165, 1.54) is 0 Å². The number of amides is 2. The van der Waals surface area contributed by atoms with Gasteiger partial charge in [-0.05, 0) is 44.5 Å². The van der Waals surface area contributed by atoms with E-state index in [1.54, 1.807) is 18.5 Å². The van der Waals surface area contributed by atoms with E-state index in [9.17, 15) is 4.79 Å². The molecule has 0 bridgehead atoms. The Morgan fingerprint density at radius 3 is 2.60 bits per heavy atom. The normalized spacial score (nSPS) is 11.7. The third-order valence-electron chi connectivity index (χ3n) is 3.34. The topological polar surface area (TPSA) is 88.2 Å². The molecule has 2 rings (SSSR count). The number of carbonyl (C=O) groups excluding carboxylic acids is 1. The molecule has 2 amide bonds. The molecule has 2 aromatic rings. The van der Waals surface area contributed by atoms with E-state index >= 15 is 0 Å². The number of urea groups is 1. The van der Waals surface area contributed by atoms with Crippen molar-refractivity contribution in [3.8, 4) is 5.75 Å². The number of benzene rings is 1. The van der Waals surface area contributed by atoms with E-state index in [1.807, 2.05) is 45.0 Å². The highest BCUT2D eigenvalue weighted by Gasteiger charge is 2.10. The first-order valence-corrected chi connectivity index (χ1v) is 8.36. The number of ether oxygens (including phenoxy) is 1. The Morgan fingerprint density at radius 1 is 1.12 bits per heavy atom. The lowest BCUT2D eigenvalue weighted by molar-refractivity contribution is 0.237. The minimum atomic E-state index is -0.224. The Labute approximate surface area is 148 Å². The molecule has 0 spiro atoms. The molecular weight excluding hydrogens is 318 g/mol. The van der Waals surface area contributed by atoms with Crippen LogP contribution in [0.25, 0.3) is 0 Å². The fourth-order valence-electron chi connectivity index (χ4n) is 2.20. The van der Waals surface area contributed by atoms with E-state index in [4.69, 9.17) is 4.74 Å². The summed E-state index contributed by atoms with van der Waals surface area (Å²) in [5.74, 6) is 1.34. The van der Waals surface area contributed by atoms with E-state index in [0.29, 0.717) is 19.0 Å². The molecular formula is C18H25N5O2.